The molecule has 0 aromatic carbocycles. The van der Waals surface area contributed by atoms with Gasteiger partial charge in [0.25, 0.3) is 0 Å². The Morgan fingerprint density at radius 1 is 1.07 bits per heavy atom. The van der Waals surface area contributed by atoms with Gasteiger partial charge in [0.15, 0.2) is 0 Å². The van der Waals surface area contributed by atoms with Crippen LogP contribution in [0.1, 0.15) is 41.5 Å². The first-order valence-electron chi connectivity index (χ1n) is 6.02. The van der Waals surface area contributed by atoms with E-state index in [0.717, 1.165) is 17.6 Å². The van der Waals surface area contributed by atoms with E-state index in [2.05, 4.69) is 53.0 Å². The molecule has 0 aliphatic heterocycles. The topological polar surface area (TPSA) is 3.24 Å². The fourth-order valence-electron chi connectivity index (χ4n) is 2.41. The number of nitrogens with zero attached hydrogens (tertiary/aromatic N) is 2. The normalized spacial score (nSPS) is 14.8. The lowest BCUT2D eigenvalue weighted by Crippen LogP contribution is -2.58. The lowest BCUT2D eigenvalue weighted by molar-refractivity contribution is -0.929. The summed E-state index contributed by atoms with van der Waals surface area (Å²) < 4.78 is 1.10. The SMILES string of the molecule is C[CH][N+](CC)(CC)C(C)N(CC)CC. The summed E-state index contributed by atoms with van der Waals surface area (Å²) in [5.41, 5.74) is 0. The Hall–Kier alpha value is -0.0800. The van der Waals surface area contributed by atoms with Crippen molar-refractivity contribution in [2.45, 2.75) is 47.7 Å². The van der Waals surface area contributed by atoms with Crippen LogP contribution < -0.4 is 0 Å². The maximum absolute atomic E-state index is 2.53. The molecule has 14 heavy (non-hydrogen) atoms. The second-order valence-electron chi connectivity index (χ2n) is 3.85. The third-order valence-corrected chi connectivity index (χ3v) is 3.78. The van der Waals surface area contributed by atoms with E-state index in [0.29, 0.717) is 6.17 Å². The van der Waals surface area contributed by atoms with Crippen LogP contribution in [0.4, 0.5) is 0 Å². The zero-order chi connectivity index (χ0) is 11.2. The molecule has 0 amide bonds. The van der Waals surface area contributed by atoms with Crippen LogP contribution in [0.15, 0.2) is 0 Å². The van der Waals surface area contributed by atoms with E-state index in [1.807, 2.05) is 0 Å². The van der Waals surface area contributed by atoms with Crippen LogP contribution in [0.25, 0.3) is 0 Å². The summed E-state index contributed by atoms with van der Waals surface area (Å²) in [6, 6.07) is 0. The highest BCUT2D eigenvalue weighted by Crippen LogP contribution is 2.19. The first-order valence-corrected chi connectivity index (χ1v) is 6.02. The molecule has 0 bridgehead atoms. The van der Waals surface area contributed by atoms with Crippen LogP contribution in [-0.2, 0) is 0 Å². The lowest BCUT2D eigenvalue weighted by atomic mass is 10.2. The van der Waals surface area contributed by atoms with E-state index in [4.69, 9.17) is 0 Å². The van der Waals surface area contributed by atoms with Gasteiger partial charge in [0, 0.05) is 20.0 Å². The fourth-order valence-corrected chi connectivity index (χ4v) is 2.41. The van der Waals surface area contributed by atoms with E-state index in [1.54, 1.807) is 0 Å². The smallest absolute Gasteiger partial charge is 0.142 e. The van der Waals surface area contributed by atoms with Crippen molar-refractivity contribution in [3.8, 4) is 0 Å². The maximum Gasteiger partial charge on any atom is 0.142 e. The van der Waals surface area contributed by atoms with Crippen LogP contribution >= 0.6 is 0 Å². The number of hydrogen-bond acceptors (Lipinski definition) is 1. The average Bonchev–Trinajstić information content (AvgIpc) is 2.23. The van der Waals surface area contributed by atoms with Crippen molar-refractivity contribution >= 4 is 0 Å². The summed E-state index contributed by atoms with van der Waals surface area (Å²) in [7, 11) is 0. The molecular weight excluding hydrogens is 172 g/mol. The number of hydrogen-bond donors (Lipinski definition) is 0. The van der Waals surface area contributed by atoms with E-state index in [-0.39, 0.29) is 0 Å². The molecule has 0 spiro atoms. The van der Waals surface area contributed by atoms with Crippen molar-refractivity contribution < 1.29 is 4.48 Å². The molecule has 1 unspecified atom stereocenters. The van der Waals surface area contributed by atoms with Crippen molar-refractivity contribution in [3.63, 3.8) is 0 Å². The zero-order valence-corrected chi connectivity index (χ0v) is 10.9. The van der Waals surface area contributed by atoms with Crippen LogP contribution in [0.3, 0.4) is 0 Å². The van der Waals surface area contributed by atoms with Gasteiger partial charge in [-0.05, 0) is 20.8 Å². The van der Waals surface area contributed by atoms with Gasteiger partial charge in [-0.2, -0.15) is 0 Å². The monoisotopic (exact) mass is 200 g/mol. The molecule has 0 aliphatic rings. The first-order chi connectivity index (χ1) is 6.61. The largest absolute Gasteiger partial charge is 0.302 e. The van der Waals surface area contributed by atoms with E-state index < -0.39 is 0 Å². The average molecular weight is 200 g/mol. The molecule has 1 radical (unpaired) electrons. The summed E-state index contributed by atoms with van der Waals surface area (Å²) in [6.45, 7) is 20.6. The van der Waals surface area contributed by atoms with E-state index >= 15 is 0 Å². The minimum atomic E-state index is 0.602. The second kappa shape index (κ2) is 6.41. The second-order valence-corrected chi connectivity index (χ2v) is 3.85. The molecule has 0 N–H and O–H groups in total. The Balaban J connectivity index is 4.63. The molecule has 0 aromatic rings. The van der Waals surface area contributed by atoms with E-state index in [1.165, 1.54) is 13.1 Å². The van der Waals surface area contributed by atoms with Gasteiger partial charge in [0.2, 0.25) is 0 Å². The molecule has 2 heteroatoms. The van der Waals surface area contributed by atoms with Crippen molar-refractivity contribution in [1.82, 2.24) is 4.90 Å². The molecular formula is C12H28N2+. The zero-order valence-electron chi connectivity index (χ0n) is 10.9. The summed E-state index contributed by atoms with van der Waals surface area (Å²) in [5.74, 6) is 0. The first kappa shape index (κ1) is 13.9. The third kappa shape index (κ3) is 2.71. The minimum absolute atomic E-state index is 0.602. The van der Waals surface area contributed by atoms with Gasteiger partial charge in [-0.3, -0.25) is 4.90 Å². The van der Waals surface area contributed by atoms with Gasteiger partial charge in [0.1, 0.15) is 12.7 Å². The number of rotatable bonds is 7. The predicted molar refractivity (Wildman–Crippen MR) is 63.7 cm³/mol. The van der Waals surface area contributed by atoms with Crippen LogP contribution in [0.5, 0.6) is 0 Å². The molecule has 0 aliphatic carbocycles. The molecule has 0 fully saturated rings. The van der Waals surface area contributed by atoms with Crippen LogP contribution in [-0.4, -0.2) is 41.7 Å². The highest BCUT2D eigenvalue weighted by Gasteiger charge is 2.32. The molecule has 0 rings (SSSR count). The predicted octanol–water partition coefficient (Wildman–Crippen LogP) is 2.71. The summed E-state index contributed by atoms with van der Waals surface area (Å²) in [4.78, 5) is 2.53. The van der Waals surface area contributed by atoms with Crippen LogP contribution in [0.2, 0.25) is 0 Å². The Bertz CT molecular complexity index is 129. The third-order valence-electron chi connectivity index (χ3n) is 3.78. The Kier molecular flexibility index (Phi) is 6.38. The molecule has 0 saturated carbocycles. The van der Waals surface area contributed by atoms with Crippen molar-refractivity contribution in [3.05, 3.63) is 6.54 Å². The molecule has 0 heterocycles. The van der Waals surface area contributed by atoms with Crippen molar-refractivity contribution in [2.75, 3.05) is 26.2 Å². The highest BCUT2D eigenvalue weighted by molar-refractivity contribution is 4.60. The standard InChI is InChI=1S/C12H28N2/c1-7-13(8-2)12(6)14(9-3,10-4)11-5/h9,12H,7-8,10-11H2,1-6H3/q+1. The van der Waals surface area contributed by atoms with Crippen molar-refractivity contribution in [1.29, 1.82) is 0 Å². The molecule has 1 atom stereocenters. The highest BCUT2D eigenvalue weighted by atomic mass is 15.5. The van der Waals surface area contributed by atoms with Crippen molar-refractivity contribution in [2.24, 2.45) is 0 Å². The van der Waals surface area contributed by atoms with Gasteiger partial charge in [-0.15, -0.1) is 0 Å². The van der Waals surface area contributed by atoms with Gasteiger partial charge in [-0.25, -0.2) is 0 Å². The van der Waals surface area contributed by atoms with Gasteiger partial charge in [0.05, 0.1) is 13.1 Å². The minimum Gasteiger partial charge on any atom is -0.302 e. The summed E-state index contributed by atoms with van der Waals surface area (Å²) >= 11 is 0. The van der Waals surface area contributed by atoms with Crippen LogP contribution in [0, 0.1) is 6.54 Å². The summed E-state index contributed by atoms with van der Waals surface area (Å²) in [6.07, 6.45) is 0.602. The quantitative estimate of drug-likeness (QED) is 0.451. The molecule has 85 valence electrons. The Labute approximate surface area is 90.5 Å². The maximum atomic E-state index is 2.53. The Morgan fingerprint density at radius 2 is 1.50 bits per heavy atom. The van der Waals surface area contributed by atoms with Gasteiger partial charge in [-0.1, -0.05) is 13.8 Å². The van der Waals surface area contributed by atoms with Gasteiger partial charge < -0.3 is 4.48 Å². The van der Waals surface area contributed by atoms with Gasteiger partial charge >= 0.3 is 0 Å². The number of quaternary nitrogens is 1. The molecule has 2 nitrogen and oxygen atoms in total. The molecule has 0 saturated heterocycles. The molecule has 0 aromatic heterocycles. The van der Waals surface area contributed by atoms with E-state index in [9.17, 15) is 0 Å². The summed E-state index contributed by atoms with van der Waals surface area (Å²) in [5, 5.41) is 0. The lowest BCUT2D eigenvalue weighted by Gasteiger charge is -2.45. The fraction of sp³-hybridized carbons (Fsp3) is 0.917. The Morgan fingerprint density at radius 3 is 1.71 bits per heavy atom.